The molecule has 1 amide bonds. The van der Waals surface area contributed by atoms with E-state index in [1.807, 2.05) is 11.9 Å². The first-order valence-corrected chi connectivity index (χ1v) is 14.4. The van der Waals surface area contributed by atoms with E-state index in [0.717, 1.165) is 70.8 Å². The van der Waals surface area contributed by atoms with Crippen LogP contribution in [0.15, 0.2) is 18.2 Å². The number of nitrogens with one attached hydrogen (secondary N) is 1. The van der Waals surface area contributed by atoms with Crippen LogP contribution in [-0.2, 0) is 10.4 Å². The zero-order valence-corrected chi connectivity index (χ0v) is 22.9. The van der Waals surface area contributed by atoms with E-state index in [0.29, 0.717) is 31.8 Å². The molecule has 1 aromatic rings. The van der Waals surface area contributed by atoms with Crippen LogP contribution in [0.5, 0.6) is 0 Å². The summed E-state index contributed by atoms with van der Waals surface area (Å²) >= 11 is 6.10. The van der Waals surface area contributed by atoms with Crippen LogP contribution in [0, 0.1) is 23.6 Å². The smallest absolute Gasteiger partial charge is 0.222 e. The van der Waals surface area contributed by atoms with E-state index in [1.54, 1.807) is 12.1 Å². The second kappa shape index (κ2) is 14.1. The molecule has 1 aromatic carbocycles. The molecule has 1 aliphatic carbocycles. The van der Waals surface area contributed by atoms with Gasteiger partial charge in [0.2, 0.25) is 5.91 Å². The molecule has 5 nitrogen and oxygen atoms in total. The number of aliphatic hydroxyl groups excluding tert-OH is 1. The molecule has 36 heavy (non-hydrogen) atoms. The molecule has 0 radical (unpaired) electrons. The van der Waals surface area contributed by atoms with E-state index >= 15 is 4.39 Å². The molecule has 1 saturated heterocycles. The van der Waals surface area contributed by atoms with Crippen molar-refractivity contribution in [2.75, 3.05) is 26.7 Å². The van der Waals surface area contributed by atoms with Gasteiger partial charge in [-0.25, -0.2) is 4.39 Å². The molecule has 204 valence electrons. The molecule has 2 fully saturated rings. The summed E-state index contributed by atoms with van der Waals surface area (Å²) in [7, 11) is 1.93. The van der Waals surface area contributed by atoms with Gasteiger partial charge in [-0.05, 0) is 82.9 Å². The van der Waals surface area contributed by atoms with Crippen LogP contribution < -0.4 is 5.32 Å². The number of carbonyl (C=O) groups excluding carboxylic acids is 1. The number of unbranched alkanes of at least 4 members (excludes halogenated alkanes) is 2. The maximum absolute atomic E-state index is 15.1. The molecule has 1 aliphatic heterocycles. The van der Waals surface area contributed by atoms with E-state index in [2.05, 4.69) is 12.2 Å². The highest BCUT2D eigenvalue weighted by molar-refractivity contribution is 6.30. The standard InChI is InChI=1S/C29H46ClFN2O3/c1-3-4-5-15-29(36,25-9-6-10-26(30)28(25)31)23-8-7-16-33(20-23)27(35)18-22(19-32-2)17-21-11-13-24(34)14-12-21/h6,9-10,21-24,32,34,36H,3-5,7-8,11-20H2,1-2H3/t21?,22-,23-,24?,29+/m1/s1. The minimum atomic E-state index is -1.35. The van der Waals surface area contributed by atoms with Crippen LogP contribution in [-0.4, -0.2) is 53.8 Å². The van der Waals surface area contributed by atoms with Crippen LogP contribution >= 0.6 is 11.6 Å². The lowest BCUT2D eigenvalue weighted by molar-refractivity contribution is -0.138. The van der Waals surface area contributed by atoms with Gasteiger partial charge in [-0.1, -0.05) is 49.9 Å². The summed E-state index contributed by atoms with van der Waals surface area (Å²) in [4.78, 5) is 15.3. The first kappa shape index (κ1) is 29.3. The van der Waals surface area contributed by atoms with E-state index in [1.165, 1.54) is 6.07 Å². The van der Waals surface area contributed by atoms with Gasteiger partial charge in [0.25, 0.3) is 0 Å². The number of hydrogen-bond donors (Lipinski definition) is 3. The fraction of sp³-hybridized carbons (Fsp3) is 0.759. The Morgan fingerprint density at radius 1 is 1.25 bits per heavy atom. The largest absolute Gasteiger partial charge is 0.393 e. The summed E-state index contributed by atoms with van der Waals surface area (Å²) in [5.74, 6) is 0.147. The summed E-state index contributed by atoms with van der Waals surface area (Å²) in [5.41, 5.74) is -1.09. The lowest BCUT2D eigenvalue weighted by atomic mass is 9.73. The number of halogens is 2. The summed E-state index contributed by atoms with van der Waals surface area (Å²) in [6, 6.07) is 4.86. The molecule has 3 atom stereocenters. The van der Waals surface area contributed by atoms with Crippen molar-refractivity contribution in [1.29, 1.82) is 0 Å². The maximum atomic E-state index is 15.1. The second-order valence-corrected chi connectivity index (χ2v) is 11.6. The fourth-order valence-corrected chi connectivity index (χ4v) is 6.56. The molecule has 0 unspecified atom stereocenters. The Kier molecular flexibility index (Phi) is 11.5. The summed E-state index contributed by atoms with van der Waals surface area (Å²) < 4.78 is 15.1. The molecule has 3 rings (SSSR count). The van der Waals surface area contributed by atoms with Crippen LogP contribution in [0.3, 0.4) is 0 Å². The Labute approximate surface area is 221 Å². The number of nitrogens with zero attached hydrogens (tertiary/aromatic N) is 1. The minimum absolute atomic E-state index is 0.0234. The quantitative estimate of drug-likeness (QED) is 0.309. The van der Waals surface area contributed by atoms with Crippen molar-refractivity contribution >= 4 is 17.5 Å². The van der Waals surface area contributed by atoms with Gasteiger partial charge in [0.1, 0.15) is 5.82 Å². The van der Waals surface area contributed by atoms with Crippen molar-refractivity contribution in [3.8, 4) is 0 Å². The van der Waals surface area contributed by atoms with Crippen LogP contribution in [0.2, 0.25) is 5.02 Å². The first-order valence-electron chi connectivity index (χ1n) is 14.1. The minimum Gasteiger partial charge on any atom is -0.393 e. The molecule has 0 bridgehead atoms. The Balaban J connectivity index is 1.71. The SMILES string of the molecule is CCCCC[C@@](O)(c1cccc(Cl)c1F)[C@@H]1CCCN(C(=O)C[C@H](CNC)CC2CCC(O)CC2)C1. The van der Waals surface area contributed by atoms with Gasteiger partial charge in [0, 0.05) is 31.0 Å². The number of amides is 1. The van der Waals surface area contributed by atoms with Gasteiger partial charge in [0.05, 0.1) is 16.7 Å². The van der Waals surface area contributed by atoms with E-state index < -0.39 is 11.4 Å². The van der Waals surface area contributed by atoms with Crippen molar-refractivity contribution in [1.82, 2.24) is 10.2 Å². The first-order chi connectivity index (χ1) is 17.3. The molecular weight excluding hydrogens is 479 g/mol. The van der Waals surface area contributed by atoms with Crippen molar-refractivity contribution in [2.24, 2.45) is 17.8 Å². The maximum Gasteiger partial charge on any atom is 0.222 e. The van der Waals surface area contributed by atoms with E-state index in [9.17, 15) is 15.0 Å². The highest BCUT2D eigenvalue weighted by atomic mass is 35.5. The number of rotatable bonds is 12. The third-order valence-corrected chi connectivity index (χ3v) is 8.76. The van der Waals surface area contributed by atoms with Crippen molar-refractivity contribution in [2.45, 2.75) is 95.7 Å². The molecular formula is C29H46ClFN2O3. The molecule has 3 N–H and O–H groups in total. The zero-order valence-electron chi connectivity index (χ0n) is 22.2. The van der Waals surface area contributed by atoms with Gasteiger partial charge in [0.15, 0.2) is 0 Å². The topological polar surface area (TPSA) is 72.8 Å². The summed E-state index contributed by atoms with van der Waals surface area (Å²) in [6.07, 6.45) is 9.84. The summed E-state index contributed by atoms with van der Waals surface area (Å²) in [6.45, 7) is 4.02. The number of likely N-dealkylation sites (tertiary alicyclic amines) is 1. The van der Waals surface area contributed by atoms with Gasteiger partial charge in [-0.2, -0.15) is 0 Å². The second-order valence-electron chi connectivity index (χ2n) is 11.2. The molecule has 7 heteroatoms. The predicted molar refractivity (Wildman–Crippen MR) is 143 cm³/mol. The number of benzene rings is 1. The van der Waals surface area contributed by atoms with Gasteiger partial charge in [-0.15, -0.1) is 0 Å². The Hall–Kier alpha value is -1.21. The van der Waals surface area contributed by atoms with Crippen molar-refractivity contribution < 1.29 is 19.4 Å². The third kappa shape index (κ3) is 7.66. The number of hydrogen-bond acceptors (Lipinski definition) is 4. The van der Waals surface area contributed by atoms with Gasteiger partial charge in [-0.3, -0.25) is 4.79 Å². The molecule has 0 aromatic heterocycles. The monoisotopic (exact) mass is 524 g/mol. The normalized spacial score (nSPS) is 25.4. The van der Waals surface area contributed by atoms with Crippen molar-refractivity contribution in [3.05, 3.63) is 34.6 Å². The third-order valence-electron chi connectivity index (χ3n) is 8.47. The van der Waals surface area contributed by atoms with E-state index in [-0.39, 0.29) is 34.4 Å². The molecule has 0 spiro atoms. The lowest BCUT2D eigenvalue weighted by Gasteiger charge is -2.43. The van der Waals surface area contributed by atoms with Gasteiger partial charge < -0.3 is 20.4 Å². The number of piperidine rings is 1. The van der Waals surface area contributed by atoms with Crippen molar-refractivity contribution in [3.63, 3.8) is 0 Å². The Morgan fingerprint density at radius 2 is 2.00 bits per heavy atom. The number of carbonyl (C=O) groups is 1. The van der Waals surface area contributed by atoms with Crippen LogP contribution in [0.25, 0.3) is 0 Å². The molecule has 1 heterocycles. The zero-order chi connectivity index (χ0) is 26.1. The molecule has 2 aliphatic rings. The van der Waals surface area contributed by atoms with Crippen LogP contribution in [0.1, 0.15) is 89.5 Å². The Morgan fingerprint density at radius 3 is 2.69 bits per heavy atom. The van der Waals surface area contributed by atoms with Gasteiger partial charge >= 0.3 is 0 Å². The lowest BCUT2D eigenvalue weighted by Crippen LogP contribution is -2.49. The fourth-order valence-electron chi connectivity index (χ4n) is 6.39. The van der Waals surface area contributed by atoms with E-state index in [4.69, 9.17) is 11.6 Å². The number of aliphatic hydroxyl groups is 2. The highest BCUT2D eigenvalue weighted by Gasteiger charge is 2.43. The molecule has 1 saturated carbocycles. The summed E-state index contributed by atoms with van der Waals surface area (Å²) in [5, 5.41) is 25.1. The Bertz CT molecular complexity index is 833. The average molecular weight is 525 g/mol. The highest BCUT2D eigenvalue weighted by Crippen LogP contribution is 2.42. The predicted octanol–water partition coefficient (Wildman–Crippen LogP) is 5.65. The average Bonchev–Trinajstić information content (AvgIpc) is 2.87. The van der Waals surface area contributed by atoms with Crippen LogP contribution in [0.4, 0.5) is 4.39 Å².